The van der Waals surface area contributed by atoms with Crippen LogP contribution in [0.4, 0.5) is 13.2 Å². The lowest BCUT2D eigenvalue weighted by Gasteiger charge is -2.16. The summed E-state index contributed by atoms with van der Waals surface area (Å²) in [6.45, 7) is 2.68. The fourth-order valence-electron chi connectivity index (χ4n) is 3.16. The summed E-state index contributed by atoms with van der Waals surface area (Å²) in [6, 6.07) is 10.3. The van der Waals surface area contributed by atoms with Gasteiger partial charge in [0.1, 0.15) is 0 Å². The van der Waals surface area contributed by atoms with Gasteiger partial charge in [0.05, 0.1) is 18.7 Å². The Balaban J connectivity index is 2.15. The number of nitrogens with zero attached hydrogens (tertiary/aromatic N) is 3. The number of hydrogen-bond acceptors (Lipinski definition) is 3. The average Bonchev–Trinajstić information content (AvgIpc) is 2.69. The molecule has 0 bridgehead atoms. The van der Waals surface area contributed by atoms with Crippen molar-refractivity contribution in [2.45, 2.75) is 39.2 Å². The van der Waals surface area contributed by atoms with Gasteiger partial charge in [-0.25, -0.2) is 28.1 Å². The van der Waals surface area contributed by atoms with Crippen LogP contribution >= 0.6 is 11.6 Å². The second-order valence-electron chi connectivity index (χ2n) is 7.31. The summed E-state index contributed by atoms with van der Waals surface area (Å²) in [7, 11) is 0. The summed E-state index contributed by atoms with van der Waals surface area (Å²) in [5, 5.41) is 0.477. The summed E-state index contributed by atoms with van der Waals surface area (Å²) in [5.74, 6) is 0. The van der Waals surface area contributed by atoms with Crippen LogP contribution < -0.4 is 17.1 Å². The zero-order valence-electron chi connectivity index (χ0n) is 16.7. The molecule has 0 saturated heterocycles. The van der Waals surface area contributed by atoms with Crippen molar-refractivity contribution in [1.82, 2.24) is 13.7 Å². The highest BCUT2D eigenvalue weighted by Crippen LogP contribution is 2.29. The van der Waals surface area contributed by atoms with E-state index in [1.807, 2.05) is 0 Å². The van der Waals surface area contributed by atoms with Crippen LogP contribution in [0.25, 0.3) is 0 Å². The van der Waals surface area contributed by atoms with E-state index in [0.29, 0.717) is 10.6 Å². The molecule has 0 saturated carbocycles. The Labute approximate surface area is 179 Å². The van der Waals surface area contributed by atoms with Crippen LogP contribution in [0.1, 0.15) is 36.6 Å². The SMILES string of the molecule is CC(C)n1c(=O)n(Cc2ccc(Cl)cc2)c(=O)n(Cc2cccc(C(F)(F)F)c2)c1=O. The van der Waals surface area contributed by atoms with E-state index in [4.69, 9.17) is 11.6 Å². The van der Waals surface area contributed by atoms with Gasteiger partial charge in [-0.1, -0.05) is 35.9 Å². The second kappa shape index (κ2) is 8.58. The topological polar surface area (TPSA) is 66.0 Å². The van der Waals surface area contributed by atoms with Crippen molar-refractivity contribution in [2.75, 3.05) is 0 Å². The lowest BCUT2D eigenvalue weighted by atomic mass is 10.1. The minimum absolute atomic E-state index is 0.112. The molecule has 0 fully saturated rings. The summed E-state index contributed by atoms with van der Waals surface area (Å²) >= 11 is 5.87. The fourth-order valence-corrected chi connectivity index (χ4v) is 3.29. The van der Waals surface area contributed by atoms with Crippen LogP contribution in [0.5, 0.6) is 0 Å². The van der Waals surface area contributed by atoms with E-state index in [0.717, 1.165) is 25.8 Å². The van der Waals surface area contributed by atoms with Crippen LogP contribution in [-0.2, 0) is 19.3 Å². The van der Waals surface area contributed by atoms with E-state index in [2.05, 4.69) is 0 Å². The Morgan fingerprint density at radius 2 is 1.39 bits per heavy atom. The van der Waals surface area contributed by atoms with Crippen molar-refractivity contribution in [3.63, 3.8) is 0 Å². The number of aromatic nitrogens is 3. The lowest BCUT2D eigenvalue weighted by Crippen LogP contribution is -2.55. The molecule has 1 heterocycles. The normalized spacial score (nSPS) is 11.8. The summed E-state index contributed by atoms with van der Waals surface area (Å²) in [4.78, 5) is 38.7. The van der Waals surface area contributed by atoms with Gasteiger partial charge >= 0.3 is 23.2 Å². The molecule has 31 heavy (non-hydrogen) atoms. The van der Waals surface area contributed by atoms with Crippen LogP contribution in [-0.4, -0.2) is 13.7 Å². The van der Waals surface area contributed by atoms with Crippen molar-refractivity contribution >= 4 is 11.6 Å². The smallest absolute Gasteiger partial charge is 0.247 e. The molecule has 0 aliphatic heterocycles. The first-order chi connectivity index (χ1) is 14.5. The quantitative estimate of drug-likeness (QED) is 0.593. The molecule has 0 N–H and O–H groups in total. The Kier molecular flexibility index (Phi) is 6.26. The Hall–Kier alpha value is -3.07. The first-order valence-corrected chi connectivity index (χ1v) is 9.73. The highest BCUT2D eigenvalue weighted by Gasteiger charge is 2.30. The first kappa shape index (κ1) is 22.6. The molecule has 1 aromatic heterocycles. The van der Waals surface area contributed by atoms with Crippen LogP contribution in [0.2, 0.25) is 5.02 Å². The van der Waals surface area contributed by atoms with Gasteiger partial charge < -0.3 is 0 Å². The highest BCUT2D eigenvalue weighted by atomic mass is 35.5. The molecule has 0 atom stereocenters. The number of halogens is 4. The molecule has 6 nitrogen and oxygen atoms in total. The maximum atomic E-state index is 13.0. The molecule has 0 unspecified atom stereocenters. The largest absolute Gasteiger partial charge is 0.416 e. The minimum atomic E-state index is -4.56. The maximum absolute atomic E-state index is 13.0. The summed E-state index contributed by atoms with van der Waals surface area (Å²) < 4.78 is 41.7. The monoisotopic (exact) mass is 453 g/mol. The van der Waals surface area contributed by atoms with Gasteiger partial charge in [-0.15, -0.1) is 0 Å². The molecule has 0 spiro atoms. The number of alkyl halides is 3. The van der Waals surface area contributed by atoms with Crippen LogP contribution in [0.15, 0.2) is 62.9 Å². The maximum Gasteiger partial charge on any atom is 0.416 e. The molecule has 0 radical (unpaired) electrons. The average molecular weight is 454 g/mol. The number of hydrogen-bond donors (Lipinski definition) is 0. The van der Waals surface area contributed by atoms with Gasteiger partial charge in [0, 0.05) is 11.1 Å². The van der Waals surface area contributed by atoms with E-state index in [1.165, 1.54) is 12.1 Å². The van der Waals surface area contributed by atoms with Crippen LogP contribution in [0, 0.1) is 0 Å². The molecule has 0 aliphatic rings. The van der Waals surface area contributed by atoms with Gasteiger partial charge in [0.2, 0.25) is 0 Å². The lowest BCUT2D eigenvalue weighted by molar-refractivity contribution is -0.137. The van der Waals surface area contributed by atoms with Crippen LogP contribution in [0.3, 0.4) is 0 Å². The summed E-state index contributed by atoms with van der Waals surface area (Å²) in [6.07, 6.45) is -4.56. The first-order valence-electron chi connectivity index (χ1n) is 9.36. The fraction of sp³-hybridized carbons (Fsp3) is 0.286. The van der Waals surface area contributed by atoms with Crippen molar-refractivity contribution in [1.29, 1.82) is 0 Å². The van der Waals surface area contributed by atoms with E-state index in [1.54, 1.807) is 38.1 Å². The van der Waals surface area contributed by atoms with Gasteiger partial charge in [-0.2, -0.15) is 13.2 Å². The number of benzene rings is 2. The molecule has 0 aliphatic carbocycles. The molecule has 0 amide bonds. The third-order valence-electron chi connectivity index (χ3n) is 4.70. The minimum Gasteiger partial charge on any atom is -0.247 e. The van der Waals surface area contributed by atoms with E-state index >= 15 is 0 Å². The van der Waals surface area contributed by atoms with E-state index in [9.17, 15) is 27.6 Å². The van der Waals surface area contributed by atoms with Gasteiger partial charge in [0.15, 0.2) is 0 Å². The third-order valence-corrected chi connectivity index (χ3v) is 4.95. The van der Waals surface area contributed by atoms with Gasteiger partial charge in [-0.3, -0.25) is 0 Å². The van der Waals surface area contributed by atoms with Gasteiger partial charge in [0.25, 0.3) is 0 Å². The van der Waals surface area contributed by atoms with Crippen molar-refractivity contribution in [2.24, 2.45) is 0 Å². The molecule has 3 aromatic rings. The van der Waals surface area contributed by atoms with E-state index < -0.39 is 41.4 Å². The molecular weight excluding hydrogens is 435 g/mol. The van der Waals surface area contributed by atoms with Crippen molar-refractivity contribution < 1.29 is 13.2 Å². The summed E-state index contributed by atoms with van der Waals surface area (Å²) in [5.41, 5.74) is -2.75. The third kappa shape index (κ3) is 4.82. The predicted molar refractivity (Wildman–Crippen MR) is 111 cm³/mol. The highest BCUT2D eigenvalue weighted by molar-refractivity contribution is 6.30. The van der Waals surface area contributed by atoms with Crippen molar-refractivity contribution in [3.05, 3.63) is 102 Å². The zero-order valence-corrected chi connectivity index (χ0v) is 17.4. The number of rotatable bonds is 5. The second-order valence-corrected chi connectivity index (χ2v) is 7.74. The molecular formula is C21H19ClF3N3O3. The molecule has 2 aromatic carbocycles. The predicted octanol–water partition coefficient (Wildman–Crippen LogP) is 3.52. The standard InChI is InChI=1S/C21H19ClF3N3O3/c1-13(2)28-19(30)26(11-14-6-8-17(22)9-7-14)18(29)27(20(28)31)12-15-4-3-5-16(10-15)21(23,24)25/h3-10,13H,11-12H2,1-2H3. The van der Waals surface area contributed by atoms with Gasteiger partial charge in [-0.05, 0) is 49.2 Å². The molecule has 164 valence electrons. The Bertz CT molecular complexity index is 1270. The Morgan fingerprint density at radius 3 is 1.90 bits per heavy atom. The van der Waals surface area contributed by atoms with Crippen molar-refractivity contribution in [3.8, 4) is 0 Å². The van der Waals surface area contributed by atoms with E-state index in [-0.39, 0.29) is 12.1 Å². The zero-order chi connectivity index (χ0) is 22.9. The molecule has 3 rings (SSSR count). The molecule has 10 heteroatoms. The Morgan fingerprint density at radius 1 is 0.839 bits per heavy atom.